The molecule has 11 nitrogen and oxygen atoms in total. The molecule has 1 amide bonds. The molecule has 0 fully saturated rings. The summed E-state index contributed by atoms with van der Waals surface area (Å²) in [6.07, 6.45) is 2.93. The fourth-order valence-electron chi connectivity index (χ4n) is 3.43. The summed E-state index contributed by atoms with van der Waals surface area (Å²) in [6.45, 7) is 14.7. The van der Waals surface area contributed by atoms with Gasteiger partial charge in [0, 0.05) is 18.4 Å². The normalized spacial score (nSPS) is 17.9. The number of thioether (sulfide) groups is 1. The van der Waals surface area contributed by atoms with Gasteiger partial charge in [-0.15, -0.1) is 11.8 Å². The van der Waals surface area contributed by atoms with Gasteiger partial charge in [-0.3, -0.25) is 9.79 Å². The number of nitrogens with zero attached hydrogens (tertiary/aromatic N) is 2. The third kappa shape index (κ3) is 11.5. The number of rotatable bonds is 20. The van der Waals surface area contributed by atoms with Crippen molar-refractivity contribution < 1.29 is 33.0 Å². The number of hydrogen-bond donors (Lipinski definition) is 1. The van der Waals surface area contributed by atoms with Crippen LogP contribution in [0.4, 0.5) is 0 Å². The van der Waals surface area contributed by atoms with Gasteiger partial charge >= 0.3 is 5.63 Å². The quantitative estimate of drug-likeness (QED) is 0.109. The molecule has 2 heterocycles. The number of ether oxygens (including phenoxy) is 4. The molecule has 1 aromatic heterocycles. The fourth-order valence-corrected chi connectivity index (χ4v) is 4.56. The number of carbonyl (C=O) groups excluding carboxylic acids is 1. The molecule has 1 N–H and O–H groups in total. The van der Waals surface area contributed by atoms with Gasteiger partial charge in [-0.1, -0.05) is 31.2 Å². The van der Waals surface area contributed by atoms with Crippen molar-refractivity contribution in [2.24, 2.45) is 10.1 Å². The standard InChI is InChI=1S/C27H41N3O8S/c1-6-9-22(23-17-21(36-10-7-2)18-24(31)38-23)28-26(32)27(5)19-39-25(29-27)20(4)30-37-16-15-35-14-13-34-12-11-33-8-3/h7,17-18,22H,2,6,8-16,19H2,1,3-5H3,(H,28,32)/b30-20+/t22-,27+/m1/s1. The van der Waals surface area contributed by atoms with E-state index < -0.39 is 17.2 Å². The number of hydrogen-bond acceptors (Lipinski definition) is 11. The van der Waals surface area contributed by atoms with E-state index in [1.807, 2.05) is 13.8 Å². The molecule has 218 valence electrons. The zero-order chi connectivity index (χ0) is 28.5. The summed E-state index contributed by atoms with van der Waals surface area (Å²) in [5, 5.41) is 7.75. The number of oxime groups is 1. The Labute approximate surface area is 234 Å². The average molecular weight is 568 g/mol. The second kappa shape index (κ2) is 17.8. The van der Waals surface area contributed by atoms with Gasteiger partial charge in [0.25, 0.3) is 0 Å². The van der Waals surface area contributed by atoms with Crippen molar-refractivity contribution in [2.45, 2.75) is 52.1 Å². The van der Waals surface area contributed by atoms with Gasteiger partial charge < -0.3 is 33.5 Å². The smallest absolute Gasteiger partial charge is 0.339 e. The summed E-state index contributed by atoms with van der Waals surface area (Å²) in [5.74, 6) is 0.871. The lowest BCUT2D eigenvalue weighted by Crippen LogP contribution is -2.45. The van der Waals surface area contributed by atoms with Gasteiger partial charge in [0.2, 0.25) is 5.91 Å². The van der Waals surface area contributed by atoms with Crippen LogP contribution in [0.3, 0.4) is 0 Å². The topological polar surface area (TPSA) is 130 Å². The van der Waals surface area contributed by atoms with Crippen LogP contribution in [0, 0.1) is 0 Å². The van der Waals surface area contributed by atoms with E-state index in [0.29, 0.717) is 74.1 Å². The van der Waals surface area contributed by atoms with Crippen LogP contribution in [0.25, 0.3) is 0 Å². The molecule has 12 heteroatoms. The highest BCUT2D eigenvalue weighted by Crippen LogP contribution is 2.30. The predicted octanol–water partition coefficient (Wildman–Crippen LogP) is 3.53. The van der Waals surface area contributed by atoms with Gasteiger partial charge in [0.15, 0.2) is 0 Å². The van der Waals surface area contributed by atoms with Crippen LogP contribution in [0.5, 0.6) is 5.75 Å². The summed E-state index contributed by atoms with van der Waals surface area (Å²) >= 11 is 1.44. The molecule has 1 aromatic rings. The maximum atomic E-state index is 13.3. The fraction of sp³-hybridized carbons (Fsp3) is 0.630. The van der Waals surface area contributed by atoms with Crippen molar-refractivity contribution >= 4 is 28.4 Å². The molecule has 0 unspecified atom stereocenters. The maximum absolute atomic E-state index is 13.3. The van der Waals surface area contributed by atoms with Crippen molar-refractivity contribution in [1.82, 2.24) is 5.32 Å². The second-order valence-corrected chi connectivity index (χ2v) is 9.80. The highest BCUT2D eigenvalue weighted by Gasteiger charge is 2.40. The largest absolute Gasteiger partial charge is 0.489 e. The monoisotopic (exact) mass is 567 g/mol. The minimum atomic E-state index is -1.01. The van der Waals surface area contributed by atoms with Crippen LogP contribution in [0.15, 0.2) is 44.1 Å². The number of carbonyl (C=O) groups is 1. The summed E-state index contributed by atoms with van der Waals surface area (Å²) < 4.78 is 26.9. The van der Waals surface area contributed by atoms with E-state index in [0.717, 1.165) is 6.42 Å². The van der Waals surface area contributed by atoms with Gasteiger partial charge in [0.05, 0.1) is 45.1 Å². The first kappa shape index (κ1) is 32.5. The molecular weight excluding hydrogens is 526 g/mol. The minimum Gasteiger partial charge on any atom is -0.489 e. The number of nitrogens with one attached hydrogen (secondary N) is 1. The molecule has 2 rings (SSSR count). The van der Waals surface area contributed by atoms with Crippen molar-refractivity contribution in [3.05, 3.63) is 41.0 Å². The van der Waals surface area contributed by atoms with Crippen molar-refractivity contribution in [3.63, 3.8) is 0 Å². The van der Waals surface area contributed by atoms with Crippen LogP contribution < -0.4 is 15.7 Å². The Morgan fingerprint density at radius 3 is 2.56 bits per heavy atom. The Kier molecular flexibility index (Phi) is 14.9. The molecule has 0 saturated heterocycles. The lowest BCUT2D eigenvalue weighted by Gasteiger charge is -2.24. The van der Waals surface area contributed by atoms with Crippen molar-refractivity contribution in [1.29, 1.82) is 0 Å². The molecule has 1 aliphatic heterocycles. The second-order valence-electron chi connectivity index (χ2n) is 8.84. The SMILES string of the molecule is C=CCOc1cc([C@@H](CCC)NC(=O)[C@]2(C)CSC(/C(C)=N/OCCOCCOCCOCC)=N2)oc(=O)c1. The molecule has 0 radical (unpaired) electrons. The molecule has 39 heavy (non-hydrogen) atoms. The lowest BCUT2D eigenvalue weighted by molar-refractivity contribution is -0.125. The molecule has 0 aliphatic carbocycles. The van der Waals surface area contributed by atoms with Crippen LogP contribution >= 0.6 is 11.8 Å². The van der Waals surface area contributed by atoms with E-state index in [-0.39, 0.29) is 19.1 Å². The Morgan fingerprint density at radius 2 is 1.90 bits per heavy atom. The van der Waals surface area contributed by atoms with Crippen LogP contribution in [0.2, 0.25) is 0 Å². The molecule has 2 atom stereocenters. The van der Waals surface area contributed by atoms with Gasteiger partial charge in [0.1, 0.15) is 41.0 Å². The summed E-state index contributed by atoms with van der Waals surface area (Å²) in [5.41, 5.74) is -0.974. The summed E-state index contributed by atoms with van der Waals surface area (Å²) in [7, 11) is 0. The predicted molar refractivity (Wildman–Crippen MR) is 152 cm³/mol. The van der Waals surface area contributed by atoms with E-state index in [2.05, 4.69) is 22.0 Å². The number of amides is 1. The summed E-state index contributed by atoms with van der Waals surface area (Å²) in [4.78, 5) is 35.4. The third-order valence-electron chi connectivity index (χ3n) is 5.46. The van der Waals surface area contributed by atoms with E-state index in [9.17, 15) is 9.59 Å². The molecular formula is C27H41N3O8S. The zero-order valence-electron chi connectivity index (χ0n) is 23.4. The first-order valence-corrected chi connectivity index (χ1v) is 14.1. The molecule has 1 aliphatic rings. The molecule has 0 bridgehead atoms. The highest BCUT2D eigenvalue weighted by molar-refractivity contribution is 8.16. The van der Waals surface area contributed by atoms with Crippen molar-refractivity contribution in [2.75, 3.05) is 58.6 Å². The van der Waals surface area contributed by atoms with Crippen LogP contribution in [-0.2, 0) is 23.8 Å². The van der Waals surface area contributed by atoms with Crippen LogP contribution in [-0.4, -0.2) is 80.8 Å². The Hall–Kier alpha value is -2.67. The molecule has 0 saturated carbocycles. The zero-order valence-corrected chi connectivity index (χ0v) is 24.2. The van der Waals surface area contributed by atoms with Gasteiger partial charge in [-0.25, -0.2) is 4.79 Å². The number of aliphatic imine (C=N–C) groups is 1. The van der Waals surface area contributed by atoms with E-state index in [1.54, 1.807) is 26.0 Å². The molecule has 0 aromatic carbocycles. The third-order valence-corrected chi connectivity index (χ3v) is 6.83. The van der Waals surface area contributed by atoms with E-state index in [1.165, 1.54) is 17.8 Å². The highest BCUT2D eigenvalue weighted by atomic mass is 32.2. The van der Waals surface area contributed by atoms with Gasteiger partial charge in [-0.2, -0.15) is 0 Å². The molecule has 0 spiro atoms. The lowest BCUT2D eigenvalue weighted by atomic mass is 10.0. The Bertz CT molecular complexity index is 1030. The first-order valence-electron chi connectivity index (χ1n) is 13.2. The maximum Gasteiger partial charge on any atom is 0.339 e. The van der Waals surface area contributed by atoms with E-state index >= 15 is 0 Å². The minimum absolute atomic E-state index is 0.252. The Morgan fingerprint density at radius 1 is 1.21 bits per heavy atom. The Balaban J connectivity index is 1.88. The van der Waals surface area contributed by atoms with E-state index in [4.69, 9.17) is 28.2 Å². The summed E-state index contributed by atoms with van der Waals surface area (Å²) in [6, 6.07) is 2.38. The van der Waals surface area contributed by atoms with Crippen LogP contribution in [0.1, 0.15) is 52.3 Å². The first-order chi connectivity index (χ1) is 18.8. The average Bonchev–Trinajstić information content (AvgIpc) is 3.33. The van der Waals surface area contributed by atoms with Gasteiger partial charge in [-0.05, 0) is 27.2 Å². The van der Waals surface area contributed by atoms with Crippen molar-refractivity contribution in [3.8, 4) is 5.75 Å².